The summed E-state index contributed by atoms with van der Waals surface area (Å²) in [4.78, 5) is 4.05. The molecule has 16 heavy (non-hydrogen) atoms. The van der Waals surface area contributed by atoms with E-state index >= 15 is 0 Å². The number of nitrogens with zero attached hydrogens (tertiary/aromatic N) is 1. The SMILES string of the molecule is CCNc1c(N)cnc2c(Cl)ccc(F)c12. The zero-order chi connectivity index (χ0) is 11.7. The first-order valence-corrected chi connectivity index (χ1v) is 5.29. The van der Waals surface area contributed by atoms with Crippen LogP contribution in [0.15, 0.2) is 18.3 Å². The van der Waals surface area contributed by atoms with Crippen LogP contribution in [0, 0.1) is 5.82 Å². The molecule has 0 saturated carbocycles. The first-order chi connectivity index (χ1) is 7.65. The van der Waals surface area contributed by atoms with Crippen molar-refractivity contribution in [3.8, 4) is 0 Å². The minimum absolute atomic E-state index is 0.342. The summed E-state index contributed by atoms with van der Waals surface area (Å²) in [5, 5.41) is 3.78. The normalized spacial score (nSPS) is 10.7. The molecule has 0 radical (unpaired) electrons. The molecule has 0 bridgehead atoms. The van der Waals surface area contributed by atoms with Crippen molar-refractivity contribution in [3.63, 3.8) is 0 Å². The molecule has 0 atom stereocenters. The highest BCUT2D eigenvalue weighted by Crippen LogP contribution is 2.33. The largest absolute Gasteiger partial charge is 0.396 e. The third-order valence-electron chi connectivity index (χ3n) is 2.30. The van der Waals surface area contributed by atoms with Crippen LogP contribution in [-0.4, -0.2) is 11.5 Å². The van der Waals surface area contributed by atoms with Crippen LogP contribution in [-0.2, 0) is 0 Å². The second kappa shape index (κ2) is 4.14. The van der Waals surface area contributed by atoms with Gasteiger partial charge in [-0.1, -0.05) is 11.6 Å². The Morgan fingerprint density at radius 1 is 1.50 bits per heavy atom. The molecule has 0 aliphatic carbocycles. The van der Waals surface area contributed by atoms with E-state index in [2.05, 4.69) is 10.3 Å². The molecule has 1 heterocycles. The monoisotopic (exact) mass is 239 g/mol. The number of rotatable bonds is 2. The van der Waals surface area contributed by atoms with E-state index in [0.29, 0.717) is 33.8 Å². The zero-order valence-corrected chi connectivity index (χ0v) is 9.48. The van der Waals surface area contributed by atoms with Crippen LogP contribution in [0.1, 0.15) is 6.92 Å². The molecule has 2 rings (SSSR count). The van der Waals surface area contributed by atoms with E-state index in [0.717, 1.165) is 0 Å². The molecule has 2 aromatic rings. The summed E-state index contributed by atoms with van der Waals surface area (Å²) in [6, 6.07) is 2.80. The van der Waals surface area contributed by atoms with Crippen LogP contribution >= 0.6 is 11.6 Å². The van der Waals surface area contributed by atoms with Crippen molar-refractivity contribution in [2.75, 3.05) is 17.6 Å². The molecule has 0 aliphatic rings. The number of pyridine rings is 1. The first-order valence-electron chi connectivity index (χ1n) is 4.91. The lowest BCUT2D eigenvalue weighted by molar-refractivity contribution is 0.640. The predicted molar refractivity (Wildman–Crippen MR) is 65.3 cm³/mol. The smallest absolute Gasteiger partial charge is 0.134 e. The summed E-state index contributed by atoms with van der Waals surface area (Å²) in [6.07, 6.45) is 1.48. The van der Waals surface area contributed by atoms with Gasteiger partial charge in [0.15, 0.2) is 0 Å². The first kappa shape index (κ1) is 11.0. The molecular formula is C11H11ClFN3. The summed E-state index contributed by atoms with van der Waals surface area (Å²) in [5.74, 6) is -0.379. The van der Waals surface area contributed by atoms with Gasteiger partial charge in [-0.05, 0) is 19.1 Å². The van der Waals surface area contributed by atoms with E-state index in [1.165, 1.54) is 18.3 Å². The lowest BCUT2D eigenvalue weighted by Gasteiger charge is -2.11. The Balaban J connectivity index is 2.85. The van der Waals surface area contributed by atoms with Crippen molar-refractivity contribution in [2.24, 2.45) is 0 Å². The molecule has 0 amide bonds. The molecule has 0 spiro atoms. The highest BCUT2D eigenvalue weighted by molar-refractivity contribution is 6.35. The third-order valence-corrected chi connectivity index (χ3v) is 2.61. The Morgan fingerprint density at radius 3 is 2.94 bits per heavy atom. The molecule has 5 heteroatoms. The lowest BCUT2D eigenvalue weighted by atomic mass is 10.1. The van der Waals surface area contributed by atoms with Gasteiger partial charge in [0.25, 0.3) is 0 Å². The number of fused-ring (bicyclic) bond motifs is 1. The van der Waals surface area contributed by atoms with Crippen molar-refractivity contribution in [1.29, 1.82) is 0 Å². The number of benzene rings is 1. The Kier molecular flexibility index (Phi) is 2.83. The van der Waals surface area contributed by atoms with Crippen molar-refractivity contribution < 1.29 is 4.39 Å². The molecule has 1 aromatic carbocycles. The quantitative estimate of drug-likeness (QED) is 0.847. The molecule has 0 saturated heterocycles. The maximum atomic E-state index is 13.7. The van der Waals surface area contributed by atoms with E-state index in [1.807, 2.05) is 6.92 Å². The van der Waals surface area contributed by atoms with Crippen LogP contribution in [0.2, 0.25) is 5.02 Å². The van der Waals surface area contributed by atoms with Crippen LogP contribution in [0.5, 0.6) is 0 Å². The number of halogens is 2. The van der Waals surface area contributed by atoms with Gasteiger partial charge < -0.3 is 11.1 Å². The number of hydrogen-bond donors (Lipinski definition) is 2. The van der Waals surface area contributed by atoms with Crippen LogP contribution in [0.4, 0.5) is 15.8 Å². The maximum absolute atomic E-state index is 13.7. The number of nitrogens with two attached hydrogens (primary N) is 1. The van der Waals surface area contributed by atoms with Crippen molar-refractivity contribution in [3.05, 3.63) is 29.2 Å². The minimum Gasteiger partial charge on any atom is -0.396 e. The van der Waals surface area contributed by atoms with Gasteiger partial charge in [0.05, 0.1) is 33.5 Å². The Morgan fingerprint density at radius 2 is 2.25 bits per heavy atom. The van der Waals surface area contributed by atoms with E-state index in [4.69, 9.17) is 17.3 Å². The molecule has 84 valence electrons. The van der Waals surface area contributed by atoms with Crippen LogP contribution in [0.25, 0.3) is 10.9 Å². The van der Waals surface area contributed by atoms with E-state index in [-0.39, 0.29) is 5.82 Å². The summed E-state index contributed by atoms with van der Waals surface area (Å²) in [6.45, 7) is 2.56. The fourth-order valence-electron chi connectivity index (χ4n) is 1.62. The molecule has 3 N–H and O–H groups in total. The second-order valence-electron chi connectivity index (χ2n) is 3.37. The van der Waals surface area contributed by atoms with E-state index < -0.39 is 0 Å². The molecular weight excluding hydrogens is 229 g/mol. The lowest BCUT2D eigenvalue weighted by Crippen LogP contribution is -2.03. The summed E-state index contributed by atoms with van der Waals surface area (Å²) >= 11 is 5.96. The zero-order valence-electron chi connectivity index (χ0n) is 8.72. The Labute approximate surface area is 97.4 Å². The van der Waals surface area contributed by atoms with Gasteiger partial charge in [-0.15, -0.1) is 0 Å². The van der Waals surface area contributed by atoms with Crippen LogP contribution < -0.4 is 11.1 Å². The molecule has 1 aromatic heterocycles. The van der Waals surface area contributed by atoms with E-state index in [1.54, 1.807) is 0 Å². The number of nitrogen functional groups attached to an aromatic ring is 1. The topological polar surface area (TPSA) is 50.9 Å². The average molecular weight is 240 g/mol. The van der Waals surface area contributed by atoms with Crippen molar-refractivity contribution in [2.45, 2.75) is 6.92 Å². The highest BCUT2D eigenvalue weighted by atomic mass is 35.5. The molecule has 0 fully saturated rings. The number of hydrogen-bond acceptors (Lipinski definition) is 3. The Hall–Kier alpha value is -1.55. The second-order valence-corrected chi connectivity index (χ2v) is 3.78. The summed E-state index contributed by atoms with van der Waals surface area (Å²) in [7, 11) is 0. The van der Waals surface area contributed by atoms with E-state index in [9.17, 15) is 4.39 Å². The number of anilines is 2. The van der Waals surface area contributed by atoms with Gasteiger partial charge in [0, 0.05) is 6.54 Å². The summed E-state index contributed by atoms with van der Waals surface area (Å²) < 4.78 is 13.7. The number of aromatic nitrogens is 1. The van der Waals surface area contributed by atoms with Gasteiger partial charge in [-0.25, -0.2) is 4.39 Å². The van der Waals surface area contributed by atoms with Gasteiger partial charge in [-0.3, -0.25) is 4.98 Å². The average Bonchev–Trinajstić information content (AvgIpc) is 2.27. The predicted octanol–water partition coefficient (Wildman–Crippen LogP) is 3.04. The van der Waals surface area contributed by atoms with Gasteiger partial charge in [0.1, 0.15) is 5.82 Å². The molecule has 3 nitrogen and oxygen atoms in total. The fourth-order valence-corrected chi connectivity index (χ4v) is 1.82. The Bertz CT molecular complexity index is 542. The molecule has 0 unspecified atom stereocenters. The summed E-state index contributed by atoms with van der Waals surface area (Å²) in [5.41, 5.74) is 7.14. The third kappa shape index (κ3) is 1.65. The van der Waals surface area contributed by atoms with Crippen LogP contribution in [0.3, 0.4) is 0 Å². The van der Waals surface area contributed by atoms with Gasteiger partial charge in [-0.2, -0.15) is 0 Å². The minimum atomic E-state index is -0.379. The highest BCUT2D eigenvalue weighted by Gasteiger charge is 2.12. The van der Waals surface area contributed by atoms with Gasteiger partial charge in [0.2, 0.25) is 0 Å². The maximum Gasteiger partial charge on any atom is 0.134 e. The van der Waals surface area contributed by atoms with Gasteiger partial charge >= 0.3 is 0 Å². The van der Waals surface area contributed by atoms with Crippen molar-refractivity contribution >= 4 is 33.9 Å². The van der Waals surface area contributed by atoms with Crippen molar-refractivity contribution in [1.82, 2.24) is 4.98 Å². The number of nitrogens with one attached hydrogen (secondary N) is 1. The fraction of sp³-hybridized carbons (Fsp3) is 0.182. The molecule has 0 aliphatic heterocycles. The standard InChI is InChI=1S/C11H11ClFN3/c1-2-15-11-8(14)5-16-10-6(12)3-4-7(13)9(10)11/h3-5H,2,14H2,1H3,(H,15,16).